The molecule has 1 heterocycles. The van der Waals surface area contributed by atoms with Crippen molar-refractivity contribution in [3.63, 3.8) is 0 Å². The SMILES string of the molecule is C=CC(=O)OCCCCC(=O)ONC1CCCCO1. The quantitative estimate of drug-likeness (QED) is 0.312. The Balaban J connectivity index is 1.95. The first-order valence-corrected chi connectivity index (χ1v) is 6.58. The predicted octanol–water partition coefficient (Wildman–Crippen LogP) is 1.46. The van der Waals surface area contributed by atoms with Gasteiger partial charge in [-0.2, -0.15) is 0 Å². The van der Waals surface area contributed by atoms with E-state index < -0.39 is 5.97 Å². The number of ether oxygens (including phenoxy) is 2. The predicted molar refractivity (Wildman–Crippen MR) is 67.8 cm³/mol. The molecule has 0 radical (unpaired) electrons. The van der Waals surface area contributed by atoms with E-state index in [1.54, 1.807) is 0 Å². The van der Waals surface area contributed by atoms with E-state index in [2.05, 4.69) is 12.1 Å². The Hall–Kier alpha value is -1.40. The number of carbonyl (C=O) groups is 2. The zero-order valence-electron chi connectivity index (χ0n) is 11.1. The fraction of sp³-hybridized carbons (Fsp3) is 0.692. The molecule has 0 bridgehead atoms. The summed E-state index contributed by atoms with van der Waals surface area (Å²) in [6, 6.07) is 0. The number of hydrogen-bond donors (Lipinski definition) is 1. The van der Waals surface area contributed by atoms with Crippen LogP contribution in [0.25, 0.3) is 0 Å². The molecule has 1 unspecified atom stereocenters. The van der Waals surface area contributed by atoms with Gasteiger partial charge in [-0.3, -0.25) is 4.79 Å². The van der Waals surface area contributed by atoms with Crippen molar-refractivity contribution in [3.05, 3.63) is 12.7 Å². The zero-order valence-corrected chi connectivity index (χ0v) is 11.1. The highest BCUT2D eigenvalue weighted by molar-refractivity contribution is 5.81. The van der Waals surface area contributed by atoms with Crippen LogP contribution in [0.15, 0.2) is 12.7 Å². The normalized spacial score (nSPS) is 18.6. The van der Waals surface area contributed by atoms with Gasteiger partial charge in [0.15, 0.2) is 0 Å². The van der Waals surface area contributed by atoms with Crippen LogP contribution in [0.1, 0.15) is 38.5 Å². The summed E-state index contributed by atoms with van der Waals surface area (Å²) in [5.74, 6) is -0.775. The smallest absolute Gasteiger partial charge is 0.330 e. The number of carbonyl (C=O) groups excluding carboxylic acids is 2. The molecule has 1 rings (SSSR count). The molecule has 108 valence electrons. The van der Waals surface area contributed by atoms with Gasteiger partial charge in [-0.15, -0.1) is 5.48 Å². The second-order valence-corrected chi connectivity index (χ2v) is 4.28. The molecule has 1 aliphatic heterocycles. The fourth-order valence-corrected chi connectivity index (χ4v) is 1.62. The lowest BCUT2D eigenvalue weighted by Gasteiger charge is -2.22. The van der Waals surface area contributed by atoms with Crippen LogP contribution in [0.5, 0.6) is 0 Å². The van der Waals surface area contributed by atoms with E-state index in [1.807, 2.05) is 0 Å². The first-order chi connectivity index (χ1) is 9.22. The lowest BCUT2D eigenvalue weighted by atomic mass is 10.2. The van der Waals surface area contributed by atoms with Crippen molar-refractivity contribution in [2.24, 2.45) is 0 Å². The summed E-state index contributed by atoms with van der Waals surface area (Å²) < 4.78 is 10.1. The molecular weight excluding hydrogens is 250 g/mol. The van der Waals surface area contributed by atoms with Crippen LogP contribution in [-0.2, 0) is 23.9 Å². The Morgan fingerprint density at radius 3 is 2.89 bits per heavy atom. The Bertz CT molecular complexity index is 299. The van der Waals surface area contributed by atoms with E-state index >= 15 is 0 Å². The molecule has 1 aliphatic rings. The minimum atomic E-state index is -0.446. The maximum absolute atomic E-state index is 11.4. The van der Waals surface area contributed by atoms with E-state index in [9.17, 15) is 9.59 Å². The van der Waals surface area contributed by atoms with Crippen LogP contribution in [-0.4, -0.2) is 31.4 Å². The molecule has 0 aromatic heterocycles. The van der Waals surface area contributed by atoms with Crippen LogP contribution in [0.4, 0.5) is 0 Å². The van der Waals surface area contributed by atoms with Gasteiger partial charge < -0.3 is 14.3 Å². The fourth-order valence-electron chi connectivity index (χ4n) is 1.62. The van der Waals surface area contributed by atoms with E-state index in [1.165, 1.54) is 0 Å². The summed E-state index contributed by atoms with van der Waals surface area (Å²) in [6.45, 7) is 4.27. The van der Waals surface area contributed by atoms with Gasteiger partial charge in [0, 0.05) is 19.1 Å². The molecule has 1 N–H and O–H groups in total. The number of esters is 1. The third-order valence-corrected chi connectivity index (χ3v) is 2.67. The molecule has 0 amide bonds. The standard InChI is InChI=1S/C13H21NO5/c1-2-12(15)18-10-6-4-8-13(16)19-14-11-7-3-5-9-17-11/h2,11,14H,1,3-10H2. The maximum Gasteiger partial charge on any atom is 0.330 e. The number of hydroxylamine groups is 1. The molecule has 1 saturated heterocycles. The molecule has 6 nitrogen and oxygen atoms in total. The lowest BCUT2D eigenvalue weighted by molar-refractivity contribution is -0.165. The van der Waals surface area contributed by atoms with Gasteiger partial charge in [-0.25, -0.2) is 4.79 Å². The summed E-state index contributed by atoms with van der Waals surface area (Å²) in [6.07, 6.45) is 5.41. The first kappa shape index (κ1) is 15.7. The Morgan fingerprint density at radius 1 is 1.37 bits per heavy atom. The molecular formula is C13H21NO5. The minimum Gasteiger partial charge on any atom is -0.463 e. The van der Waals surface area contributed by atoms with E-state index in [0.29, 0.717) is 19.4 Å². The Morgan fingerprint density at radius 2 is 2.21 bits per heavy atom. The number of rotatable bonds is 8. The summed E-state index contributed by atoms with van der Waals surface area (Å²) in [7, 11) is 0. The largest absolute Gasteiger partial charge is 0.463 e. The van der Waals surface area contributed by atoms with E-state index in [-0.39, 0.29) is 25.2 Å². The van der Waals surface area contributed by atoms with Crippen LogP contribution in [0.2, 0.25) is 0 Å². The molecule has 0 aromatic rings. The highest BCUT2D eigenvalue weighted by Gasteiger charge is 2.15. The van der Waals surface area contributed by atoms with E-state index in [0.717, 1.165) is 25.3 Å². The van der Waals surface area contributed by atoms with Crippen LogP contribution in [0, 0.1) is 0 Å². The van der Waals surface area contributed by atoms with Crippen molar-refractivity contribution in [2.75, 3.05) is 13.2 Å². The van der Waals surface area contributed by atoms with Crippen LogP contribution < -0.4 is 5.48 Å². The van der Waals surface area contributed by atoms with Gasteiger partial charge in [0.1, 0.15) is 6.23 Å². The second kappa shape index (κ2) is 9.52. The maximum atomic E-state index is 11.4. The average molecular weight is 271 g/mol. The highest BCUT2D eigenvalue weighted by atomic mass is 16.7. The minimum absolute atomic E-state index is 0.189. The summed E-state index contributed by atoms with van der Waals surface area (Å²) in [5, 5.41) is 0. The third-order valence-electron chi connectivity index (χ3n) is 2.67. The van der Waals surface area contributed by atoms with Crippen molar-refractivity contribution in [3.8, 4) is 0 Å². The molecule has 0 spiro atoms. The number of unbranched alkanes of at least 4 members (excludes halogenated alkanes) is 1. The van der Waals surface area contributed by atoms with Gasteiger partial charge in [0.05, 0.1) is 6.61 Å². The lowest BCUT2D eigenvalue weighted by Crippen LogP contribution is -2.36. The van der Waals surface area contributed by atoms with Gasteiger partial charge >= 0.3 is 11.9 Å². The van der Waals surface area contributed by atoms with Crippen molar-refractivity contribution in [2.45, 2.75) is 44.8 Å². The topological polar surface area (TPSA) is 73.9 Å². The summed E-state index contributed by atoms with van der Waals surface area (Å²) >= 11 is 0. The van der Waals surface area contributed by atoms with Crippen molar-refractivity contribution >= 4 is 11.9 Å². The van der Waals surface area contributed by atoms with E-state index in [4.69, 9.17) is 14.3 Å². The van der Waals surface area contributed by atoms with Crippen LogP contribution in [0.3, 0.4) is 0 Å². The number of nitrogens with one attached hydrogen (secondary N) is 1. The first-order valence-electron chi connectivity index (χ1n) is 6.58. The molecule has 1 fully saturated rings. The van der Waals surface area contributed by atoms with Gasteiger partial charge in [0.2, 0.25) is 0 Å². The van der Waals surface area contributed by atoms with Gasteiger partial charge in [0.25, 0.3) is 0 Å². The molecule has 19 heavy (non-hydrogen) atoms. The second-order valence-electron chi connectivity index (χ2n) is 4.28. The Labute approximate surface area is 113 Å². The van der Waals surface area contributed by atoms with Gasteiger partial charge in [-0.1, -0.05) is 6.58 Å². The van der Waals surface area contributed by atoms with Crippen molar-refractivity contribution in [1.82, 2.24) is 5.48 Å². The highest BCUT2D eigenvalue weighted by Crippen LogP contribution is 2.10. The Kier molecular flexibility index (Phi) is 7.84. The van der Waals surface area contributed by atoms with Gasteiger partial charge in [-0.05, 0) is 32.1 Å². The molecule has 6 heteroatoms. The monoisotopic (exact) mass is 271 g/mol. The molecule has 1 atom stereocenters. The molecule has 0 aliphatic carbocycles. The number of hydrogen-bond acceptors (Lipinski definition) is 6. The molecule has 0 saturated carbocycles. The van der Waals surface area contributed by atoms with Crippen molar-refractivity contribution < 1.29 is 23.9 Å². The molecule has 0 aromatic carbocycles. The summed E-state index contributed by atoms with van der Waals surface area (Å²) in [5.41, 5.74) is 2.62. The third kappa shape index (κ3) is 7.58. The van der Waals surface area contributed by atoms with Crippen molar-refractivity contribution in [1.29, 1.82) is 0 Å². The van der Waals surface area contributed by atoms with Crippen LogP contribution >= 0.6 is 0 Å². The zero-order chi connectivity index (χ0) is 13.9. The summed E-state index contributed by atoms with van der Waals surface area (Å²) in [4.78, 5) is 27.0. The average Bonchev–Trinajstić information content (AvgIpc) is 2.45.